The molecule has 0 saturated heterocycles. The molecule has 0 fully saturated rings. The maximum Gasteiger partial charge on any atom is 0.271 e. The number of amides is 3. The third kappa shape index (κ3) is 6.68. The Balaban J connectivity index is 1.74. The van der Waals surface area contributed by atoms with Gasteiger partial charge in [-0.1, -0.05) is 53.1 Å². The molecule has 3 rings (SSSR count). The Morgan fingerprint density at radius 3 is 2.21 bits per heavy atom. The standard InChI is InChI=1S/C26H30ClN3O3/c1-17(2)28-24(31)16-29(15-20-5-7-22(27)8-6-20)26(33)23-9-10-30(23)25(32)14-21-12-18(3)11-19(4)13-21/h5-9,11-13,17H,10,14-16H2,1-4H3,(H,28,31). The second-order valence-electron chi connectivity index (χ2n) is 8.78. The summed E-state index contributed by atoms with van der Waals surface area (Å²) in [5.74, 6) is -0.729. The lowest BCUT2D eigenvalue weighted by Gasteiger charge is -2.34. The molecule has 0 aromatic heterocycles. The highest BCUT2D eigenvalue weighted by atomic mass is 35.5. The molecule has 0 atom stereocenters. The predicted octanol–water partition coefficient (Wildman–Crippen LogP) is 3.78. The van der Waals surface area contributed by atoms with Crippen LogP contribution < -0.4 is 5.32 Å². The molecule has 1 aliphatic heterocycles. The van der Waals surface area contributed by atoms with Crippen LogP contribution in [0.15, 0.2) is 54.2 Å². The van der Waals surface area contributed by atoms with E-state index < -0.39 is 0 Å². The van der Waals surface area contributed by atoms with Gasteiger partial charge in [-0.2, -0.15) is 0 Å². The number of halogens is 1. The molecule has 3 amide bonds. The van der Waals surface area contributed by atoms with Gasteiger partial charge in [0.25, 0.3) is 5.91 Å². The fourth-order valence-corrected chi connectivity index (χ4v) is 3.99. The van der Waals surface area contributed by atoms with E-state index >= 15 is 0 Å². The normalized spacial score (nSPS) is 12.8. The third-order valence-electron chi connectivity index (χ3n) is 5.27. The van der Waals surface area contributed by atoms with Crippen molar-refractivity contribution in [3.05, 3.63) is 81.5 Å². The lowest BCUT2D eigenvalue weighted by Crippen LogP contribution is -2.49. The van der Waals surface area contributed by atoms with Crippen molar-refractivity contribution in [1.82, 2.24) is 15.1 Å². The first-order valence-electron chi connectivity index (χ1n) is 11.0. The van der Waals surface area contributed by atoms with Crippen LogP contribution in [0.25, 0.3) is 0 Å². The van der Waals surface area contributed by atoms with Gasteiger partial charge in [0.05, 0.1) is 6.42 Å². The van der Waals surface area contributed by atoms with E-state index in [2.05, 4.69) is 11.4 Å². The van der Waals surface area contributed by atoms with Crippen LogP contribution in [-0.2, 0) is 27.3 Å². The zero-order valence-electron chi connectivity index (χ0n) is 19.5. The number of carbonyl (C=O) groups is 3. The first-order chi connectivity index (χ1) is 15.6. The molecule has 174 valence electrons. The fraction of sp³-hybridized carbons (Fsp3) is 0.346. The summed E-state index contributed by atoms with van der Waals surface area (Å²) >= 11 is 5.98. The monoisotopic (exact) mass is 467 g/mol. The minimum Gasteiger partial charge on any atom is -0.352 e. The smallest absolute Gasteiger partial charge is 0.271 e. The van der Waals surface area contributed by atoms with Crippen molar-refractivity contribution >= 4 is 29.3 Å². The molecule has 0 aliphatic carbocycles. The predicted molar refractivity (Wildman–Crippen MR) is 130 cm³/mol. The van der Waals surface area contributed by atoms with Gasteiger partial charge in [0.1, 0.15) is 12.2 Å². The van der Waals surface area contributed by atoms with Crippen LogP contribution in [0.4, 0.5) is 0 Å². The first-order valence-corrected chi connectivity index (χ1v) is 11.4. The van der Waals surface area contributed by atoms with Crippen LogP contribution in [0.5, 0.6) is 0 Å². The number of nitrogens with zero attached hydrogens (tertiary/aromatic N) is 2. The molecule has 2 aromatic rings. The molecule has 33 heavy (non-hydrogen) atoms. The van der Waals surface area contributed by atoms with E-state index in [1.54, 1.807) is 18.2 Å². The van der Waals surface area contributed by atoms with Crippen molar-refractivity contribution in [3.63, 3.8) is 0 Å². The number of hydrogen-bond acceptors (Lipinski definition) is 3. The quantitative estimate of drug-likeness (QED) is 0.642. The van der Waals surface area contributed by atoms with Crippen molar-refractivity contribution in [3.8, 4) is 0 Å². The lowest BCUT2D eigenvalue weighted by molar-refractivity contribution is -0.139. The summed E-state index contributed by atoms with van der Waals surface area (Å²) in [7, 11) is 0. The molecule has 2 aromatic carbocycles. The Morgan fingerprint density at radius 1 is 1.03 bits per heavy atom. The highest BCUT2D eigenvalue weighted by Crippen LogP contribution is 2.22. The van der Waals surface area contributed by atoms with Gasteiger partial charge >= 0.3 is 0 Å². The molecule has 1 heterocycles. The molecule has 0 unspecified atom stereocenters. The Morgan fingerprint density at radius 2 is 1.67 bits per heavy atom. The van der Waals surface area contributed by atoms with E-state index in [4.69, 9.17) is 11.6 Å². The van der Waals surface area contributed by atoms with Crippen molar-refractivity contribution < 1.29 is 14.4 Å². The van der Waals surface area contributed by atoms with E-state index in [0.717, 1.165) is 22.3 Å². The van der Waals surface area contributed by atoms with Crippen LogP contribution in [0.3, 0.4) is 0 Å². The van der Waals surface area contributed by atoms with Gasteiger partial charge in [-0.05, 0) is 57.0 Å². The fourth-order valence-electron chi connectivity index (χ4n) is 3.87. The summed E-state index contributed by atoms with van der Waals surface area (Å²) < 4.78 is 0. The minimum atomic E-state index is -0.344. The van der Waals surface area contributed by atoms with Gasteiger partial charge in [0.15, 0.2) is 0 Å². The summed E-state index contributed by atoms with van der Waals surface area (Å²) in [6, 6.07) is 13.1. The average molecular weight is 468 g/mol. The van der Waals surface area contributed by atoms with Crippen molar-refractivity contribution in [2.45, 2.75) is 46.7 Å². The molecule has 6 nitrogen and oxygen atoms in total. The van der Waals surface area contributed by atoms with Crippen LogP contribution in [0.1, 0.15) is 36.1 Å². The molecule has 7 heteroatoms. The van der Waals surface area contributed by atoms with Gasteiger partial charge in [0, 0.05) is 24.2 Å². The van der Waals surface area contributed by atoms with Crippen molar-refractivity contribution in [2.75, 3.05) is 13.1 Å². The van der Waals surface area contributed by atoms with Crippen molar-refractivity contribution in [1.29, 1.82) is 0 Å². The lowest BCUT2D eigenvalue weighted by atomic mass is 10.0. The van der Waals surface area contributed by atoms with E-state index in [1.165, 1.54) is 9.80 Å². The topological polar surface area (TPSA) is 69.7 Å². The van der Waals surface area contributed by atoms with Crippen LogP contribution >= 0.6 is 11.6 Å². The second-order valence-corrected chi connectivity index (χ2v) is 9.21. The van der Waals surface area contributed by atoms with E-state index in [-0.39, 0.29) is 43.3 Å². The van der Waals surface area contributed by atoms with E-state index in [9.17, 15) is 14.4 Å². The first kappa shape index (κ1) is 24.5. The summed E-state index contributed by atoms with van der Waals surface area (Å²) in [6.45, 7) is 8.24. The van der Waals surface area contributed by atoms with Crippen molar-refractivity contribution in [2.24, 2.45) is 0 Å². The van der Waals surface area contributed by atoms with Gasteiger partial charge in [-0.3, -0.25) is 14.4 Å². The average Bonchev–Trinajstić information content (AvgIpc) is 2.66. The van der Waals surface area contributed by atoms with Crippen LogP contribution in [0, 0.1) is 13.8 Å². The Bertz CT molecular complexity index is 1060. The largest absolute Gasteiger partial charge is 0.352 e. The van der Waals surface area contributed by atoms with E-state index in [0.29, 0.717) is 17.3 Å². The highest BCUT2D eigenvalue weighted by Gasteiger charge is 2.33. The summed E-state index contributed by atoms with van der Waals surface area (Å²) in [5, 5.41) is 3.42. The summed E-state index contributed by atoms with van der Waals surface area (Å²) in [5.41, 5.74) is 4.27. The SMILES string of the molecule is Cc1cc(C)cc(CC(=O)N2CC=C2C(=O)N(CC(=O)NC(C)C)Cc2ccc(Cl)cc2)c1. The number of aryl methyl sites for hydroxylation is 2. The number of benzene rings is 2. The molecular formula is C26H30ClN3O3. The Hall–Kier alpha value is -3.12. The third-order valence-corrected chi connectivity index (χ3v) is 5.53. The highest BCUT2D eigenvalue weighted by molar-refractivity contribution is 6.30. The molecule has 1 aliphatic rings. The summed E-state index contributed by atoms with van der Waals surface area (Å²) in [6.07, 6.45) is 1.95. The van der Waals surface area contributed by atoms with Crippen LogP contribution in [0.2, 0.25) is 5.02 Å². The minimum absolute atomic E-state index is 0.0382. The Kier molecular flexibility index (Phi) is 7.92. The van der Waals surface area contributed by atoms with Gasteiger partial charge in [0.2, 0.25) is 11.8 Å². The molecule has 1 N–H and O–H groups in total. The zero-order chi connectivity index (χ0) is 24.1. The van der Waals surface area contributed by atoms with Gasteiger partial charge < -0.3 is 15.1 Å². The Labute approximate surface area is 200 Å². The van der Waals surface area contributed by atoms with Gasteiger partial charge in [-0.15, -0.1) is 0 Å². The van der Waals surface area contributed by atoms with Gasteiger partial charge in [-0.25, -0.2) is 0 Å². The number of hydrogen-bond donors (Lipinski definition) is 1. The maximum absolute atomic E-state index is 13.4. The molecule has 0 radical (unpaired) electrons. The number of rotatable bonds is 8. The molecule has 0 saturated carbocycles. The van der Waals surface area contributed by atoms with E-state index in [1.807, 2.05) is 52.0 Å². The number of nitrogens with one attached hydrogen (secondary N) is 1. The molecule has 0 spiro atoms. The molecule has 0 bridgehead atoms. The second kappa shape index (κ2) is 10.7. The zero-order valence-corrected chi connectivity index (χ0v) is 20.3. The molecular weight excluding hydrogens is 438 g/mol. The maximum atomic E-state index is 13.4. The number of carbonyl (C=O) groups excluding carboxylic acids is 3. The summed E-state index contributed by atoms with van der Waals surface area (Å²) in [4.78, 5) is 41.7. The van der Waals surface area contributed by atoms with Crippen LogP contribution in [-0.4, -0.2) is 46.7 Å².